The zero-order chi connectivity index (χ0) is 15.6. The molecule has 0 fully saturated rings. The number of rotatable bonds is 3. The van der Waals surface area contributed by atoms with Crippen LogP contribution in [0.1, 0.15) is 15.9 Å². The fraction of sp³-hybridized carbons (Fsp3) is 0.0769. The zero-order valence-electron chi connectivity index (χ0n) is 11.0. The largest absolute Gasteiger partial charge is 0.384 e. The molecule has 0 spiro atoms. The number of carbonyl (C=O) groups is 1. The second-order valence-electron chi connectivity index (χ2n) is 4.27. The average Bonchev–Trinajstić information content (AvgIpc) is 2.42. The Kier molecular flexibility index (Phi) is 4.04. The van der Waals surface area contributed by atoms with Crippen LogP contribution in [-0.4, -0.2) is 15.8 Å². The standard InChI is InChI=1S/C13H11ClN4O3/c1-7-3-2-4-9(14)12(7)17-13(19)8-5-11(15)16-6-10(8)18(20)21/h2-6H,1H3,(H2,15,16)(H,17,19). The van der Waals surface area contributed by atoms with Gasteiger partial charge in [-0.25, -0.2) is 4.98 Å². The van der Waals surface area contributed by atoms with Crippen molar-refractivity contribution in [2.24, 2.45) is 0 Å². The molecule has 2 rings (SSSR count). The Morgan fingerprint density at radius 1 is 1.48 bits per heavy atom. The Morgan fingerprint density at radius 2 is 2.19 bits per heavy atom. The lowest BCUT2D eigenvalue weighted by atomic mass is 10.1. The normalized spacial score (nSPS) is 10.2. The topological polar surface area (TPSA) is 111 Å². The zero-order valence-corrected chi connectivity index (χ0v) is 11.7. The maximum absolute atomic E-state index is 12.2. The molecule has 0 aliphatic heterocycles. The molecule has 0 atom stereocenters. The number of nitrogen functional groups attached to an aromatic ring is 1. The molecule has 0 bridgehead atoms. The summed E-state index contributed by atoms with van der Waals surface area (Å²) in [6, 6.07) is 6.26. The Balaban J connectivity index is 2.41. The van der Waals surface area contributed by atoms with Gasteiger partial charge in [0.05, 0.1) is 15.6 Å². The highest BCUT2D eigenvalue weighted by molar-refractivity contribution is 6.34. The molecule has 2 aromatic rings. The minimum Gasteiger partial charge on any atom is -0.384 e. The molecule has 21 heavy (non-hydrogen) atoms. The Bertz CT molecular complexity index is 713. The van der Waals surface area contributed by atoms with Gasteiger partial charge in [-0.2, -0.15) is 0 Å². The van der Waals surface area contributed by atoms with Crippen LogP contribution in [0, 0.1) is 17.0 Å². The van der Waals surface area contributed by atoms with Gasteiger partial charge in [-0.3, -0.25) is 14.9 Å². The number of para-hydroxylation sites is 1. The second-order valence-corrected chi connectivity index (χ2v) is 4.68. The lowest BCUT2D eigenvalue weighted by Crippen LogP contribution is -2.16. The van der Waals surface area contributed by atoms with E-state index in [0.717, 1.165) is 17.8 Å². The van der Waals surface area contributed by atoms with Crippen molar-refractivity contribution in [1.82, 2.24) is 4.98 Å². The lowest BCUT2D eigenvalue weighted by Gasteiger charge is -2.10. The van der Waals surface area contributed by atoms with Crippen LogP contribution in [0.4, 0.5) is 17.2 Å². The summed E-state index contributed by atoms with van der Waals surface area (Å²) in [4.78, 5) is 26.1. The van der Waals surface area contributed by atoms with Crippen molar-refractivity contribution >= 4 is 34.7 Å². The molecule has 8 heteroatoms. The van der Waals surface area contributed by atoms with E-state index in [9.17, 15) is 14.9 Å². The van der Waals surface area contributed by atoms with E-state index in [1.807, 2.05) is 0 Å². The second kappa shape index (κ2) is 5.76. The molecule has 0 aliphatic rings. The summed E-state index contributed by atoms with van der Waals surface area (Å²) in [5, 5.41) is 13.8. The van der Waals surface area contributed by atoms with Crippen molar-refractivity contribution in [1.29, 1.82) is 0 Å². The number of pyridine rings is 1. The molecular formula is C13H11ClN4O3. The minimum atomic E-state index is -0.694. The van der Waals surface area contributed by atoms with E-state index < -0.39 is 16.5 Å². The number of carbonyl (C=O) groups excluding carboxylic acids is 1. The van der Waals surface area contributed by atoms with Gasteiger partial charge in [0.1, 0.15) is 17.6 Å². The molecule has 1 heterocycles. The van der Waals surface area contributed by atoms with Crippen LogP contribution >= 0.6 is 11.6 Å². The highest BCUT2D eigenvalue weighted by Gasteiger charge is 2.22. The number of nitrogens with zero attached hydrogens (tertiary/aromatic N) is 2. The number of benzene rings is 1. The molecule has 1 aromatic heterocycles. The van der Waals surface area contributed by atoms with E-state index in [1.165, 1.54) is 0 Å². The number of hydrogen-bond donors (Lipinski definition) is 2. The third-order valence-corrected chi connectivity index (χ3v) is 3.12. The van der Waals surface area contributed by atoms with E-state index in [4.69, 9.17) is 17.3 Å². The number of nitro groups is 1. The quantitative estimate of drug-likeness (QED) is 0.669. The Labute approximate surface area is 124 Å². The van der Waals surface area contributed by atoms with E-state index in [0.29, 0.717) is 10.7 Å². The van der Waals surface area contributed by atoms with Gasteiger partial charge in [0.15, 0.2) is 0 Å². The van der Waals surface area contributed by atoms with Crippen molar-refractivity contribution in [3.63, 3.8) is 0 Å². The molecule has 108 valence electrons. The van der Waals surface area contributed by atoms with Crippen molar-refractivity contribution in [2.45, 2.75) is 6.92 Å². The van der Waals surface area contributed by atoms with Crippen molar-refractivity contribution in [3.8, 4) is 0 Å². The summed E-state index contributed by atoms with van der Waals surface area (Å²) in [6.07, 6.45) is 0.948. The molecule has 0 aliphatic carbocycles. The molecule has 1 aromatic carbocycles. The number of hydrogen-bond acceptors (Lipinski definition) is 5. The summed E-state index contributed by atoms with van der Waals surface area (Å²) < 4.78 is 0. The monoisotopic (exact) mass is 306 g/mol. The molecule has 3 N–H and O–H groups in total. The van der Waals surface area contributed by atoms with Gasteiger partial charge < -0.3 is 11.1 Å². The fourth-order valence-electron chi connectivity index (χ4n) is 1.76. The van der Waals surface area contributed by atoms with E-state index in [1.54, 1.807) is 25.1 Å². The molecule has 1 amide bonds. The number of amides is 1. The van der Waals surface area contributed by atoms with Gasteiger partial charge in [-0.15, -0.1) is 0 Å². The first kappa shape index (κ1) is 14.7. The van der Waals surface area contributed by atoms with Gasteiger partial charge in [0, 0.05) is 0 Å². The first-order chi connectivity index (χ1) is 9.90. The predicted octanol–water partition coefficient (Wildman–Crippen LogP) is 2.79. The van der Waals surface area contributed by atoms with Gasteiger partial charge in [0.2, 0.25) is 0 Å². The summed E-state index contributed by atoms with van der Waals surface area (Å²) in [5.74, 6) is -0.659. The number of anilines is 2. The number of nitrogens with one attached hydrogen (secondary N) is 1. The van der Waals surface area contributed by atoms with E-state index in [-0.39, 0.29) is 11.4 Å². The third-order valence-electron chi connectivity index (χ3n) is 2.81. The maximum Gasteiger partial charge on any atom is 0.300 e. The minimum absolute atomic E-state index is 0.0154. The van der Waals surface area contributed by atoms with Crippen molar-refractivity contribution < 1.29 is 9.72 Å². The summed E-state index contributed by atoms with van der Waals surface area (Å²) in [6.45, 7) is 1.76. The maximum atomic E-state index is 12.2. The number of aromatic nitrogens is 1. The van der Waals surface area contributed by atoms with Gasteiger partial charge >= 0.3 is 0 Å². The summed E-state index contributed by atoms with van der Waals surface area (Å²) in [7, 11) is 0. The summed E-state index contributed by atoms with van der Waals surface area (Å²) >= 11 is 6.01. The van der Waals surface area contributed by atoms with Crippen LogP contribution in [0.3, 0.4) is 0 Å². The van der Waals surface area contributed by atoms with Crippen LogP contribution in [0.25, 0.3) is 0 Å². The third kappa shape index (κ3) is 3.09. The molecule has 0 unspecified atom stereocenters. The van der Waals surface area contributed by atoms with Crippen LogP contribution in [-0.2, 0) is 0 Å². The van der Waals surface area contributed by atoms with Crippen LogP contribution < -0.4 is 11.1 Å². The SMILES string of the molecule is Cc1cccc(Cl)c1NC(=O)c1cc(N)ncc1[N+](=O)[O-]. The first-order valence-corrected chi connectivity index (χ1v) is 6.24. The highest BCUT2D eigenvalue weighted by Crippen LogP contribution is 2.27. The lowest BCUT2D eigenvalue weighted by molar-refractivity contribution is -0.385. The number of aryl methyl sites for hydroxylation is 1. The van der Waals surface area contributed by atoms with Gasteiger partial charge in [0.25, 0.3) is 11.6 Å². The molecule has 7 nitrogen and oxygen atoms in total. The molecule has 0 saturated carbocycles. The molecule has 0 saturated heterocycles. The summed E-state index contributed by atoms with van der Waals surface area (Å²) in [5.41, 5.74) is 6.01. The molecule has 0 radical (unpaired) electrons. The predicted molar refractivity (Wildman–Crippen MR) is 79.4 cm³/mol. The van der Waals surface area contributed by atoms with Crippen molar-refractivity contribution in [2.75, 3.05) is 11.1 Å². The van der Waals surface area contributed by atoms with E-state index in [2.05, 4.69) is 10.3 Å². The van der Waals surface area contributed by atoms with Gasteiger partial charge in [-0.05, 0) is 24.6 Å². The van der Waals surface area contributed by atoms with Crippen LogP contribution in [0.15, 0.2) is 30.5 Å². The number of halogens is 1. The van der Waals surface area contributed by atoms with Crippen LogP contribution in [0.2, 0.25) is 5.02 Å². The van der Waals surface area contributed by atoms with Crippen LogP contribution in [0.5, 0.6) is 0 Å². The van der Waals surface area contributed by atoms with E-state index >= 15 is 0 Å². The molecular weight excluding hydrogens is 296 g/mol. The van der Waals surface area contributed by atoms with Gasteiger partial charge in [-0.1, -0.05) is 23.7 Å². The average molecular weight is 307 g/mol. The smallest absolute Gasteiger partial charge is 0.300 e. The first-order valence-electron chi connectivity index (χ1n) is 5.86. The van der Waals surface area contributed by atoms with Crippen molar-refractivity contribution in [3.05, 3.63) is 56.7 Å². The highest BCUT2D eigenvalue weighted by atomic mass is 35.5. The Morgan fingerprint density at radius 3 is 2.81 bits per heavy atom. The number of nitrogens with two attached hydrogens (primary N) is 1. The fourth-order valence-corrected chi connectivity index (χ4v) is 2.03. The Hall–Kier alpha value is -2.67.